The molecule has 116 valence electrons. The van der Waals surface area contributed by atoms with Gasteiger partial charge in [-0.15, -0.1) is 0 Å². The zero-order valence-electron chi connectivity index (χ0n) is 11.4. The lowest BCUT2D eigenvalue weighted by molar-refractivity contribution is -0.384. The van der Waals surface area contributed by atoms with E-state index >= 15 is 0 Å². The first-order valence-corrected chi connectivity index (χ1v) is 7.82. The van der Waals surface area contributed by atoms with Gasteiger partial charge in [-0.05, 0) is 13.0 Å². The fourth-order valence-corrected chi connectivity index (χ4v) is 2.05. The summed E-state index contributed by atoms with van der Waals surface area (Å²) >= 11 is 5.86. The average molecular weight is 335 g/mol. The summed E-state index contributed by atoms with van der Waals surface area (Å²) in [4.78, 5) is 22.2. The largest absolute Gasteiger partial charge is 0.351 e. The van der Waals surface area contributed by atoms with Crippen molar-refractivity contribution in [3.8, 4) is 0 Å². The summed E-state index contributed by atoms with van der Waals surface area (Å²) in [7, 11) is -1.08. The third-order valence-electron chi connectivity index (χ3n) is 2.79. The second-order valence-electron chi connectivity index (χ2n) is 4.27. The molecular formula is C11H15ClN4O4S. The number of hydrogen-bond acceptors (Lipinski definition) is 6. The van der Waals surface area contributed by atoms with E-state index in [0.29, 0.717) is 0 Å². The Balaban J connectivity index is 3.00. The van der Waals surface area contributed by atoms with Crippen molar-refractivity contribution in [3.63, 3.8) is 0 Å². The number of nitro benzene ring substituents is 1. The van der Waals surface area contributed by atoms with Gasteiger partial charge >= 0.3 is 0 Å². The van der Waals surface area contributed by atoms with Crippen molar-refractivity contribution in [1.29, 1.82) is 0 Å². The van der Waals surface area contributed by atoms with Crippen LogP contribution in [-0.2, 0) is 10.8 Å². The van der Waals surface area contributed by atoms with Crippen LogP contribution in [0.2, 0.25) is 5.02 Å². The molecule has 8 nitrogen and oxygen atoms in total. The second-order valence-corrected chi connectivity index (χ2v) is 6.48. The van der Waals surface area contributed by atoms with E-state index in [4.69, 9.17) is 17.4 Å². The minimum atomic E-state index is -1.08. The van der Waals surface area contributed by atoms with Gasteiger partial charge in [0, 0.05) is 40.5 Å². The van der Waals surface area contributed by atoms with E-state index < -0.39 is 27.3 Å². The quantitative estimate of drug-likeness (QED) is 0.405. The van der Waals surface area contributed by atoms with Gasteiger partial charge in [0.25, 0.3) is 11.6 Å². The number of nitro groups is 1. The van der Waals surface area contributed by atoms with Gasteiger partial charge in [-0.25, -0.2) is 0 Å². The summed E-state index contributed by atoms with van der Waals surface area (Å²) in [6.07, 6.45) is 1.53. The fraction of sp³-hybridized carbons (Fsp3) is 0.364. The van der Waals surface area contributed by atoms with Gasteiger partial charge in [0.1, 0.15) is 5.69 Å². The minimum Gasteiger partial charge on any atom is -0.351 e. The van der Waals surface area contributed by atoms with Crippen LogP contribution in [-0.4, -0.2) is 33.1 Å². The zero-order chi connectivity index (χ0) is 16.2. The first-order chi connectivity index (χ1) is 9.77. The Morgan fingerprint density at radius 1 is 1.57 bits per heavy atom. The highest BCUT2D eigenvalue weighted by Crippen LogP contribution is 2.32. The number of halogens is 1. The van der Waals surface area contributed by atoms with Crippen LogP contribution in [0.1, 0.15) is 17.3 Å². The van der Waals surface area contributed by atoms with Gasteiger partial charge in [-0.2, -0.15) is 0 Å². The molecule has 0 aliphatic carbocycles. The number of nitrogen functional groups attached to an aromatic ring is 1. The molecule has 1 aromatic carbocycles. The summed E-state index contributed by atoms with van der Waals surface area (Å²) in [5.41, 5.74) is 1.69. The van der Waals surface area contributed by atoms with E-state index in [1.54, 1.807) is 6.92 Å². The number of carbonyl (C=O) groups excluding carboxylic acids is 1. The molecule has 2 atom stereocenters. The molecule has 1 amide bonds. The molecule has 0 heterocycles. The highest BCUT2D eigenvalue weighted by molar-refractivity contribution is 7.84. The van der Waals surface area contributed by atoms with Crippen molar-refractivity contribution in [2.75, 3.05) is 18.2 Å². The van der Waals surface area contributed by atoms with Crippen LogP contribution in [0.4, 0.5) is 11.4 Å². The number of amides is 1. The monoisotopic (exact) mass is 334 g/mol. The van der Waals surface area contributed by atoms with E-state index in [-0.39, 0.29) is 28.1 Å². The Kier molecular flexibility index (Phi) is 6.06. The van der Waals surface area contributed by atoms with E-state index in [9.17, 15) is 19.1 Å². The Labute approximate surface area is 128 Å². The molecule has 10 heteroatoms. The van der Waals surface area contributed by atoms with Gasteiger partial charge in [0.15, 0.2) is 0 Å². The number of nitrogens with one attached hydrogen (secondary N) is 2. The first kappa shape index (κ1) is 17.3. The number of benzene rings is 1. The topological polar surface area (TPSA) is 127 Å². The lowest BCUT2D eigenvalue weighted by Gasteiger charge is -2.11. The number of nitrogens with two attached hydrogens (primary N) is 1. The fourth-order valence-electron chi connectivity index (χ4n) is 1.47. The lowest BCUT2D eigenvalue weighted by Crippen LogP contribution is -2.32. The maximum atomic E-state index is 12.0. The third-order valence-corrected chi connectivity index (χ3v) is 4.39. The molecule has 4 N–H and O–H groups in total. The molecule has 0 fully saturated rings. The van der Waals surface area contributed by atoms with Crippen molar-refractivity contribution in [2.24, 2.45) is 5.84 Å². The van der Waals surface area contributed by atoms with Gasteiger partial charge in [-0.1, -0.05) is 11.6 Å². The number of nitrogens with zero attached hydrogens (tertiary/aromatic N) is 1. The second kappa shape index (κ2) is 7.34. The number of hydrogen-bond donors (Lipinski definition) is 3. The Morgan fingerprint density at radius 3 is 2.67 bits per heavy atom. The number of carbonyl (C=O) groups is 1. The van der Waals surface area contributed by atoms with E-state index in [1.165, 1.54) is 12.3 Å². The van der Waals surface area contributed by atoms with Crippen molar-refractivity contribution in [2.45, 2.75) is 12.2 Å². The molecular weight excluding hydrogens is 320 g/mol. The predicted octanol–water partition coefficient (Wildman–Crippen LogP) is 1.03. The molecule has 0 aromatic heterocycles. The predicted molar refractivity (Wildman–Crippen MR) is 81.8 cm³/mol. The van der Waals surface area contributed by atoms with Crippen molar-refractivity contribution in [1.82, 2.24) is 5.32 Å². The van der Waals surface area contributed by atoms with Crippen LogP contribution in [0.5, 0.6) is 0 Å². The summed E-state index contributed by atoms with van der Waals surface area (Å²) in [6, 6.07) is 2.34. The molecule has 1 rings (SSSR count). The summed E-state index contributed by atoms with van der Waals surface area (Å²) in [6.45, 7) is 1.90. The van der Waals surface area contributed by atoms with Gasteiger partial charge in [-0.3, -0.25) is 25.0 Å². The van der Waals surface area contributed by atoms with Crippen LogP contribution in [0.15, 0.2) is 12.1 Å². The van der Waals surface area contributed by atoms with Crippen molar-refractivity contribution in [3.05, 3.63) is 32.8 Å². The maximum absolute atomic E-state index is 12.0. The highest BCUT2D eigenvalue weighted by atomic mass is 35.5. The molecule has 1 aromatic rings. The molecule has 0 saturated heterocycles. The van der Waals surface area contributed by atoms with Crippen molar-refractivity contribution < 1.29 is 13.9 Å². The number of anilines is 1. The first-order valence-electron chi connectivity index (χ1n) is 5.83. The number of rotatable bonds is 6. The van der Waals surface area contributed by atoms with E-state index in [2.05, 4.69) is 10.7 Å². The molecule has 0 saturated carbocycles. The summed E-state index contributed by atoms with van der Waals surface area (Å²) < 4.78 is 11.2. The van der Waals surface area contributed by atoms with Gasteiger partial charge < -0.3 is 10.7 Å². The van der Waals surface area contributed by atoms with E-state index in [1.807, 2.05) is 0 Å². The normalized spacial score (nSPS) is 13.3. The third kappa shape index (κ3) is 4.38. The molecule has 0 radical (unpaired) electrons. The summed E-state index contributed by atoms with van der Waals surface area (Å²) in [5.74, 6) is 4.63. The van der Waals surface area contributed by atoms with Crippen molar-refractivity contribution >= 4 is 39.7 Å². The Morgan fingerprint density at radius 2 is 2.19 bits per heavy atom. The molecule has 0 spiro atoms. The molecule has 21 heavy (non-hydrogen) atoms. The average Bonchev–Trinajstić information content (AvgIpc) is 2.42. The van der Waals surface area contributed by atoms with Crippen LogP contribution >= 0.6 is 11.6 Å². The highest BCUT2D eigenvalue weighted by Gasteiger charge is 2.21. The molecule has 0 aliphatic heterocycles. The summed E-state index contributed by atoms with van der Waals surface area (Å²) in [5, 5.41) is 13.2. The Bertz CT molecular complexity index is 596. The lowest BCUT2D eigenvalue weighted by atomic mass is 10.1. The minimum absolute atomic E-state index is 0.0276. The van der Waals surface area contributed by atoms with Crippen LogP contribution in [0.3, 0.4) is 0 Å². The van der Waals surface area contributed by atoms with Crippen LogP contribution in [0, 0.1) is 10.1 Å². The SMILES string of the molecule is CC(CNC(=O)c1cc(Cl)c(NN)c([N+](=O)[O-])c1)S(C)=O. The molecule has 0 aliphatic rings. The van der Waals surface area contributed by atoms with Crippen LogP contribution in [0.25, 0.3) is 0 Å². The maximum Gasteiger partial charge on any atom is 0.295 e. The van der Waals surface area contributed by atoms with E-state index in [0.717, 1.165) is 6.07 Å². The molecule has 2 unspecified atom stereocenters. The molecule has 0 bridgehead atoms. The van der Waals surface area contributed by atoms with Gasteiger partial charge in [0.2, 0.25) is 0 Å². The number of hydrazine groups is 1. The standard InChI is InChI=1S/C11H15ClN4O4S/c1-6(21(2)20)5-14-11(17)7-3-8(12)10(15-13)9(4-7)16(18)19/h3-4,6,15H,5,13H2,1-2H3,(H,14,17). The Hall–Kier alpha value is -1.71. The van der Waals surface area contributed by atoms with Gasteiger partial charge in [0.05, 0.1) is 9.95 Å². The van der Waals surface area contributed by atoms with Crippen LogP contribution < -0.4 is 16.6 Å². The smallest absolute Gasteiger partial charge is 0.295 e. The zero-order valence-corrected chi connectivity index (χ0v) is 13.0.